The Hall–Kier alpha value is -7.14. The zero-order valence-corrected chi connectivity index (χ0v) is 33.9. The van der Waals surface area contributed by atoms with E-state index in [-0.39, 0.29) is 80.3 Å². The zero-order valence-electron chi connectivity index (χ0n) is 33.9. The van der Waals surface area contributed by atoms with Crippen molar-refractivity contribution in [2.24, 2.45) is 0 Å². The third-order valence-corrected chi connectivity index (χ3v) is 8.99. The van der Waals surface area contributed by atoms with Crippen LogP contribution >= 0.6 is 0 Å². The maximum atomic E-state index is 13.1. The second-order valence-electron chi connectivity index (χ2n) is 13.4. The number of carbonyl (C=O) groups is 5. The van der Waals surface area contributed by atoms with Crippen molar-refractivity contribution in [3.05, 3.63) is 104 Å². The number of fused-ring (bicyclic) bond motifs is 1. The third-order valence-electron chi connectivity index (χ3n) is 8.99. The quantitative estimate of drug-likeness (QED) is 0.0332. The Morgan fingerprint density at radius 2 is 1.37 bits per heavy atom. The van der Waals surface area contributed by atoms with Gasteiger partial charge in [0.15, 0.2) is 0 Å². The van der Waals surface area contributed by atoms with E-state index >= 15 is 0 Å². The summed E-state index contributed by atoms with van der Waals surface area (Å²) in [7, 11) is 0. The molecule has 63 heavy (non-hydrogen) atoms. The van der Waals surface area contributed by atoms with Crippen molar-refractivity contribution < 1.29 is 62.3 Å². The van der Waals surface area contributed by atoms with E-state index in [4.69, 9.17) is 28.5 Å². The van der Waals surface area contributed by atoms with Crippen LogP contribution in [-0.2, 0) is 38.2 Å². The second kappa shape index (κ2) is 24.3. The van der Waals surface area contributed by atoms with E-state index in [1.165, 1.54) is 30.5 Å². The SMILES string of the molecule is O=C(CCOCCOCCOCCOCCNc1ccc([N+](=O)[O-])cc1[N+](=O)[O-])NCCCNC(=O)c1cccc2c(Oc3ccc(C(=O)ON4C(=O)CCC4=O)cn3)cccc12. The average molecular weight is 876 g/mol. The summed E-state index contributed by atoms with van der Waals surface area (Å²) in [4.78, 5) is 91.0. The maximum Gasteiger partial charge on any atom is 0.365 e. The highest BCUT2D eigenvalue weighted by molar-refractivity contribution is 6.08. The molecule has 334 valence electrons. The number of rotatable bonds is 27. The second-order valence-corrected chi connectivity index (χ2v) is 13.4. The van der Waals surface area contributed by atoms with Crippen LogP contribution in [0.1, 0.15) is 46.4 Å². The molecule has 4 aromatic rings. The van der Waals surface area contributed by atoms with Gasteiger partial charge in [-0.25, -0.2) is 9.78 Å². The van der Waals surface area contributed by atoms with Crippen molar-refractivity contribution >= 4 is 57.4 Å². The molecular formula is C41H45N7O15. The van der Waals surface area contributed by atoms with Gasteiger partial charge in [-0.2, -0.15) is 0 Å². The van der Waals surface area contributed by atoms with E-state index in [1.54, 1.807) is 36.4 Å². The number of aromatic nitrogens is 1. The highest BCUT2D eigenvalue weighted by atomic mass is 16.7. The number of carbonyl (C=O) groups excluding carboxylic acids is 5. The first kappa shape index (κ1) is 46.9. The largest absolute Gasteiger partial charge is 0.438 e. The van der Waals surface area contributed by atoms with Crippen LogP contribution in [0.4, 0.5) is 17.1 Å². The number of imide groups is 1. The van der Waals surface area contributed by atoms with Gasteiger partial charge in [0.2, 0.25) is 11.8 Å². The number of nitrogens with one attached hydrogen (secondary N) is 3. The Balaban J connectivity index is 0.871. The van der Waals surface area contributed by atoms with Crippen LogP contribution in [0.5, 0.6) is 11.6 Å². The number of nitro groups is 2. The molecular weight excluding hydrogens is 830 g/mol. The molecule has 22 heteroatoms. The number of hydrogen-bond donors (Lipinski definition) is 3. The molecule has 1 saturated heterocycles. The molecule has 22 nitrogen and oxygen atoms in total. The van der Waals surface area contributed by atoms with Gasteiger partial charge in [-0.1, -0.05) is 24.3 Å². The molecule has 0 atom stereocenters. The first-order valence-corrected chi connectivity index (χ1v) is 19.8. The fourth-order valence-electron chi connectivity index (χ4n) is 5.86. The van der Waals surface area contributed by atoms with Gasteiger partial charge in [0.05, 0.1) is 74.3 Å². The minimum absolute atomic E-state index is 0.00882. The van der Waals surface area contributed by atoms with Gasteiger partial charge in [0.1, 0.15) is 11.4 Å². The van der Waals surface area contributed by atoms with E-state index in [2.05, 4.69) is 20.9 Å². The maximum absolute atomic E-state index is 13.1. The van der Waals surface area contributed by atoms with Gasteiger partial charge in [-0.3, -0.25) is 39.4 Å². The minimum Gasteiger partial charge on any atom is -0.438 e. The van der Waals surface area contributed by atoms with Crippen LogP contribution in [-0.4, -0.2) is 122 Å². The monoisotopic (exact) mass is 875 g/mol. The Kier molecular flexibility index (Phi) is 18.1. The lowest BCUT2D eigenvalue weighted by molar-refractivity contribution is -0.393. The molecule has 0 aliphatic carbocycles. The normalized spacial score (nSPS) is 12.3. The van der Waals surface area contributed by atoms with Crippen LogP contribution in [0.2, 0.25) is 0 Å². The standard InChI is InChI=1S/C41H45N7O15/c49-36(14-18-58-20-22-60-24-25-61-23-21-59-19-17-42-33-10-9-29(47(54)55)26-34(33)48(56)57)43-15-3-16-44-40(52)32-6-1-5-31-30(32)4-2-7-35(31)62-37-11-8-28(27-45-37)41(53)63-46-38(50)12-13-39(46)51/h1-2,4-11,26-27,42H,3,12-25H2,(H,43,49)(H,44,52). The Morgan fingerprint density at radius 3 is 2.03 bits per heavy atom. The number of benzene rings is 3. The summed E-state index contributed by atoms with van der Waals surface area (Å²) in [5.41, 5.74) is -0.183. The van der Waals surface area contributed by atoms with Crippen molar-refractivity contribution in [2.75, 3.05) is 77.8 Å². The zero-order chi connectivity index (χ0) is 45.0. The molecule has 3 N–H and O–H groups in total. The first-order chi connectivity index (χ1) is 30.5. The Labute approximate surface area is 359 Å². The van der Waals surface area contributed by atoms with E-state index in [1.807, 2.05) is 0 Å². The fourth-order valence-corrected chi connectivity index (χ4v) is 5.86. The molecule has 1 aromatic heterocycles. The van der Waals surface area contributed by atoms with Crippen molar-refractivity contribution in [1.29, 1.82) is 0 Å². The van der Waals surface area contributed by atoms with Gasteiger partial charge < -0.3 is 44.5 Å². The van der Waals surface area contributed by atoms with E-state index in [0.29, 0.717) is 79.7 Å². The first-order valence-electron chi connectivity index (χ1n) is 19.8. The summed E-state index contributed by atoms with van der Waals surface area (Å²) >= 11 is 0. The molecule has 1 aliphatic heterocycles. The predicted octanol–water partition coefficient (Wildman–Crippen LogP) is 3.87. The van der Waals surface area contributed by atoms with Crippen LogP contribution in [0.15, 0.2) is 72.9 Å². The van der Waals surface area contributed by atoms with Gasteiger partial charge >= 0.3 is 5.97 Å². The van der Waals surface area contributed by atoms with Crippen LogP contribution in [0.25, 0.3) is 10.8 Å². The molecule has 5 rings (SSSR count). The van der Waals surface area contributed by atoms with Crippen molar-refractivity contribution in [3.63, 3.8) is 0 Å². The number of anilines is 1. The summed E-state index contributed by atoms with van der Waals surface area (Å²) < 4.78 is 27.7. The minimum atomic E-state index is -0.915. The number of amides is 4. The number of pyridine rings is 1. The molecule has 4 amide bonds. The lowest BCUT2D eigenvalue weighted by atomic mass is 10.0. The summed E-state index contributed by atoms with van der Waals surface area (Å²) in [5, 5.41) is 32.3. The lowest BCUT2D eigenvalue weighted by Crippen LogP contribution is -2.32. The van der Waals surface area contributed by atoms with Crippen molar-refractivity contribution in [3.8, 4) is 11.6 Å². The fraction of sp³-hybridized carbons (Fsp3) is 0.366. The molecule has 0 bridgehead atoms. The van der Waals surface area contributed by atoms with Gasteiger partial charge in [-0.15, -0.1) is 5.06 Å². The summed E-state index contributed by atoms with van der Waals surface area (Å²) in [6, 6.07) is 16.6. The lowest BCUT2D eigenvalue weighted by Gasteiger charge is -2.13. The predicted molar refractivity (Wildman–Crippen MR) is 221 cm³/mol. The molecule has 3 aromatic carbocycles. The van der Waals surface area contributed by atoms with Crippen LogP contribution in [0.3, 0.4) is 0 Å². The Bertz CT molecular complexity index is 2240. The molecule has 2 heterocycles. The number of non-ortho nitro benzene ring substituents is 1. The van der Waals surface area contributed by atoms with E-state index in [0.717, 1.165) is 6.07 Å². The summed E-state index contributed by atoms with van der Waals surface area (Å²) in [6.45, 7) is 3.20. The molecule has 0 unspecified atom stereocenters. The van der Waals surface area contributed by atoms with Crippen LogP contribution < -0.4 is 20.7 Å². The molecule has 0 spiro atoms. The van der Waals surface area contributed by atoms with Gasteiger partial charge in [-0.05, 0) is 36.1 Å². The third kappa shape index (κ3) is 14.5. The van der Waals surface area contributed by atoms with Crippen LogP contribution in [0, 0.1) is 20.2 Å². The highest BCUT2D eigenvalue weighted by Crippen LogP contribution is 2.32. The number of ether oxygens (including phenoxy) is 5. The van der Waals surface area contributed by atoms with Gasteiger partial charge in [0.25, 0.3) is 29.1 Å². The van der Waals surface area contributed by atoms with E-state index in [9.17, 15) is 44.2 Å². The number of hydroxylamine groups is 2. The van der Waals surface area contributed by atoms with E-state index < -0.39 is 33.3 Å². The smallest absolute Gasteiger partial charge is 0.365 e. The molecule has 1 aliphatic rings. The number of nitro benzene ring substituents is 2. The van der Waals surface area contributed by atoms with Gasteiger partial charge in [0, 0.05) is 68.2 Å². The summed E-state index contributed by atoms with van der Waals surface area (Å²) in [5.74, 6) is -2.04. The molecule has 0 radical (unpaired) electrons. The molecule has 1 fully saturated rings. The highest BCUT2D eigenvalue weighted by Gasteiger charge is 2.33. The Morgan fingerprint density at radius 1 is 0.714 bits per heavy atom. The topological polar surface area (TPSA) is 279 Å². The average Bonchev–Trinajstić information content (AvgIpc) is 3.59. The van der Waals surface area contributed by atoms with Crippen molar-refractivity contribution in [1.82, 2.24) is 20.7 Å². The molecule has 0 saturated carbocycles. The number of nitrogens with zero attached hydrogens (tertiary/aromatic N) is 4. The van der Waals surface area contributed by atoms with Crippen molar-refractivity contribution in [2.45, 2.75) is 25.7 Å². The summed E-state index contributed by atoms with van der Waals surface area (Å²) in [6.07, 6.45) is 1.81. The number of hydrogen-bond acceptors (Lipinski definition) is 17.